The Morgan fingerprint density at radius 1 is 1.26 bits per heavy atom. The minimum Gasteiger partial charge on any atom is -0.493 e. The number of nitrogens with zero attached hydrogens (tertiary/aromatic N) is 1. The zero-order chi connectivity index (χ0) is 16.2. The number of morpholine rings is 1. The highest BCUT2D eigenvalue weighted by molar-refractivity contribution is 6.33. The average molecular weight is 338 g/mol. The van der Waals surface area contributed by atoms with Crippen LogP contribution in [0.2, 0.25) is 5.02 Å². The van der Waals surface area contributed by atoms with Crippen LogP contribution in [0.25, 0.3) is 0 Å². The van der Waals surface area contributed by atoms with Crippen LogP contribution in [0, 0.1) is 0 Å². The molecule has 0 aliphatic carbocycles. The zero-order valence-electron chi connectivity index (χ0n) is 13.3. The number of rotatable bonds is 5. The number of ether oxygens (including phenoxy) is 3. The summed E-state index contributed by atoms with van der Waals surface area (Å²) < 4.78 is 21.9. The fourth-order valence-corrected chi connectivity index (χ4v) is 3.08. The monoisotopic (exact) mass is 337 g/mol. The Balaban J connectivity index is 1.74. The van der Waals surface area contributed by atoms with Gasteiger partial charge in [0.25, 0.3) is 0 Å². The van der Waals surface area contributed by atoms with E-state index in [4.69, 9.17) is 30.2 Å². The van der Waals surface area contributed by atoms with Crippen LogP contribution in [0.5, 0.6) is 11.5 Å². The van der Waals surface area contributed by atoms with Gasteiger partial charge in [-0.3, -0.25) is 4.90 Å². The molecule has 1 saturated heterocycles. The van der Waals surface area contributed by atoms with Crippen molar-refractivity contribution in [1.82, 2.24) is 4.90 Å². The molecule has 23 heavy (non-hydrogen) atoms. The Hall–Kier alpha value is -1.69. The molecular formula is C17H20ClNO4. The van der Waals surface area contributed by atoms with Crippen molar-refractivity contribution >= 4 is 11.6 Å². The topological polar surface area (TPSA) is 44.1 Å². The molecule has 124 valence electrons. The van der Waals surface area contributed by atoms with Gasteiger partial charge in [0.2, 0.25) is 0 Å². The first-order valence-electron chi connectivity index (χ1n) is 7.49. The molecule has 0 spiro atoms. The van der Waals surface area contributed by atoms with Crippen molar-refractivity contribution in [3.63, 3.8) is 0 Å². The molecule has 2 aromatic rings. The molecule has 3 rings (SSSR count). The summed E-state index contributed by atoms with van der Waals surface area (Å²) >= 11 is 6.47. The van der Waals surface area contributed by atoms with E-state index < -0.39 is 0 Å². The Morgan fingerprint density at radius 2 is 2.13 bits per heavy atom. The second-order valence-electron chi connectivity index (χ2n) is 5.38. The van der Waals surface area contributed by atoms with Gasteiger partial charge in [0.05, 0.1) is 32.1 Å². The van der Waals surface area contributed by atoms with Gasteiger partial charge in [-0.25, -0.2) is 0 Å². The highest BCUT2D eigenvalue weighted by atomic mass is 35.5. The van der Waals surface area contributed by atoms with Gasteiger partial charge in [0.1, 0.15) is 11.9 Å². The fraction of sp³-hybridized carbons (Fsp3) is 0.412. The van der Waals surface area contributed by atoms with Crippen LogP contribution in [0.4, 0.5) is 0 Å². The predicted octanol–water partition coefficient (Wildman–Crippen LogP) is 3.52. The average Bonchev–Trinajstić information content (AvgIpc) is 3.11. The van der Waals surface area contributed by atoms with Crippen LogP contribution in [-0.2, 0) is 11.3 Å². The minimum atomic E-state index is -0.0438. The molecule has 0 bridgehead atoms. The molecule has 0 unspecified atom stereocenters. The third kappa shape index (κ3) is 3.47. The maximum atomic E-state index is 6.47. The lowest BCUT2D eigenvalue weighted by Gasteiger charge is -2.32. The normalized spacial score (nSPS) is 18.8. The first-order valence-corrected chi connectivity index (χ1v) is 7.87. The molecule has 1 aromatic carbocycles. The summed E-state index contributed by atoms with van der Waals surface area (Å²) in [5.41, 5.74) is 1.00. The number of benzene rings is 1. The lowest BCUT2D eigenvalue weighted by atomic mass is 10.1. The third-order valence-corrected chi connectivity index (χ3v) is 4.38. The second-order valence-corrected chi connectivity index (χ2v) is 5.76. The van der Waals surface area contributed by atoms with Gasteiger partial charge in [-0.2, -0.15) is 0 Å². The van der Waals surface area contributed by atoms with E-state index in [1.807, 2.05) is 24.3 Å². The molecule has 0 N–H and O–H groups in total. The first kappa shape index (κ1) is 16.2. The van der Waals surface area contributed by atoms with Crippen molar-refractivity contribution in [2.45, 2.75) is 12.6 Å². The van der Waals surface area contributed by atoms with Crippen LogP contribution < -0.4 is 9.47 Å². The van der Waals surface area contributed by atoms with Gasteiger partial charge in [-0.1, -0.05) is 17.7 Å². The van der Waals surface area contributed by atoms with Gasteiger partial charge >= 0.3 is 0 Å². The second kappa shape index (κ2) is 7.25. The summed E-state index contributed by atoms with van der Waals surface area (Å²) in [6.45, 7) is 3.00. The van der Waals surface area contributed by atoms with E-state index in [9.17, 15) is 0 Å². The quantitative estimate of drug-likeness (QED) is 0.835. The predicted molar refractivity (Wildman–Crippen MR) is 87.2 cm³/mol. The molecule has 6 heteroatoms. The summed E-state index contributed by atoms with van der Waals surface area (Å²) in [5, 5.41) is 0.591. The van der Waals surface area contributed by atoms with E-state index in [1.165, 1.54) is 0 Å². The third-order valence-electron chi connectivity index (χ3n) is 3.97. The molecule has 1 fully saturated rings. The van der Waals surface area contributed by atoms with Crippen LogP contribution in [0.15, 0.2) is 34.9 Å². The molecule has 0 amide bonds. The lowest BCUT2D eigenvalue weighted by molar-refractivity contribution is -0.0427. The Kier molecular flexibility index (Phi) is 5.10. The van der Waals surface area contributed by atoms with Crippen molar-refractivity contribution in [2.24, 2.45) is 0 Å². The number of furan rings is 1. The maximum Gasteiger partial charge on any atom is 0.179 e. The number of hydrogen-bond donors (Lipinski definition) is 0. The summed E-state index contributed by atoms with van der Waals surface area (Å²) in [4.78, 5) is 2.30. The summed E-state index contributed by atoms with van der Waals surface area (Å²) in [5.74, 6) is 2.06. The molecule has 1 aromatic heterocycles. The first-order chi connectivity index (χ1) is 11.2. The van der Waals surface area contributed by atoms with Crippen molar-refractivity contribution in [3.05, 3.63) is 46.9 Å². The molecule has 5 nitrogen and oxygen atoms in total. The van der Waals surface area contributed by atoms with Gasteiger partial charge < -0.3 is 18.6 Å². The SMILES string of the molecule is COc1ccc(CN2CCO[C@@H](c3ccco3)C2)c(Cl)c1OC. The summed E-state index contributed by atoms with van der Waals surface area (Å²) in [7, 11) is 3.19. The standard InChI is InChI=1S/C17H20ClNO4/c1-20-14-6-5-12(16(18)17(14)21-2)10-19-7-9-23-15(11-19)13-4-3-8-22-13/h3-6,8,15H,7,9-11H2,1-2H3/t15-/m1/s1. The van der Waals surface area contributed by atoms with Crippen LogP contribution in [-0.4, -0.2) is 38.8 Å². The van der Waals surface area contributed by atoms with Gasteiger partial charge in [-0.15, -0.1) is 0 Å². The van der Waals surface area contributed by atoms with E-state index in [2.05, 4.69) is 4.90 Å². The maximum absolute atomic E-state index is 6.47. The molecule has 2 heterocycles. The number of methoxy groups -OCH3 is 2. The van der Waals surface area contributed by atoms with Gasteiger partial charge in [0.15, 0.2) is 11.5 Å². The van der Waals surface area contributed by atoms with Gasteiger partial charge in [-0.05, 0) is 23.8 Å². The Bertz CT molecular complexity index is 644. The molecule has 1 aliphatic heterocycles. The Labute approximate surface area is 140 Å². The molecular weight excluding hydrogens is 318 g/mol. The highest BCUT2D eigenvalue weighted by Crippen LogP contribution is 2.38. The number of halogens is 1. The van der Waals surface area contributed by atoms with Crippen molar-refractivity contribution in [2.75, 3.05) is 33.9 Å². The van der Waals surface area contributed by atoms with Crippen molar-refractivity contribution < 1.29 is 18.6 Å². The molecule has 1 atom stereocenters. The van der Waals surface area contributed by atoms with Crippen molar-refractivity contribution in [1.29, 1.82) is 0 Å². The number of hydrogen-bond acceptors (Lipinski definition) is 5. The molecule has 1 aliphatic rings. The van der Waals surface area contributed by atoms with Crippen LogP contribution in [0.3, 0.4) is 0 Å². The van der Waals surface area contributed by atoms with E-state index >= 15 is 0 Å². The van der Waals surface area contributed by atoms with Gasteiger partial charge in [0, 0.05) is 19.6 Å². The van der Waals surface area contributed by atoms with Crippen molar-refractivity contribution in [3.8, 4) is 11.5 Å². The van der Waals surface area contributed by atoms with Crippen LogP contribution in [0.1, 0.15) is 17.4 Å². The van der Waals surface area contributed by atoms with E-state index in [0.717, 1.165) is 31.0 Å². The largest absolute Gasteiger partial charge is 0.493 e. The lowest BCUT2D eigenvalue weighted by Crippen LogP contribution is -2.37. The molecule has 0 saturated carbocycles. The minimum absolute atomic E-state index is 0.0438. The zero-order valence-corrected chi connectivity index (χ0v) is 14.0. The van der Waals surface area contributed by atoms with E-state index in [-0.39, 0.29) is 6.10 Å². The Morgan fingerprint density at radius 3 is 2.83 bits per heavy atom. The smallest absolute Gasteiger partial charge is 0.179 e. The van der Waals surface area contributed by atoms with E-state index in [0.29, 0.717) is 23.1 Å². The van der Waals surface area contributed by atoms with Crippen LogP contribution >= 0.6 is 11.6 Å². The van der Waals surface area contributed by atoms with E-state index in [1.54, 1.807) is 20.5 Å². The fourth-order valence-electron chi connectivity index (χ4n) is 2.79. The summed E-state index contributed by atoms with van der Waals surface area (Å²) in [6.07, 6.45) is 1.63. The highest BCUT2D eigenvalue weighted by Gasteiger charge is 2.25. The summed E-state index contributed by atoms with van der Waals surface area (Å²) in [6, 6.07) is 7.67. The molecule has 0 radical (unpaired) electrons.